The summed E-state index contributed by atoms with van der Waals surface area (Å²) in [7, 11) is 0. The highest BCUT2D eigenvalue weighted by atomic mass is 35.5. The van der Waals surface area contributed by atoms with Crippen molar-refractivity contribution in [3.8, 4) is 5.69 Å². The molecule has 1 saturated heterocycles. The summed E-state index contributed by atoms with van der Waals surface area (Å²) in [5.74, 6) is -0.172. The Hall–Kier alpha value is -1.89. The Bertz CT molecular complexity index is 644. The van der Waals surface area contributed by atoms with Gasteiger partial charge < -0.3 is 15.7 Å². The molecule has 0 aliphatic carbocycles. The first-order chi connectivity index (χ1) is 10.1. The van der Waals surface area contributed by atoms with Gasteiger partial charge in [-0.3, -0.25) is 4.79 Å². The van der Waals surface area contributed by atoms with E-state index in [0.717, 1.165) is 5.69 Å². The van der Waals surface area contributed by atoms with Gasteiger partial charge in [-0.05, 0) is 30.7 Å². The summed E-state index contributed by atoms with van der Waals surface area (Å²) in [6.07, 6.45) is 3.42. The molecule has 1 aliphatic rings. The number of β-amino-alcohol motifs (C(OH)–C–C–N with tert-alkyl or cyclic N) is 1. The summed E-state index contributed by atoms with van der Waals surface area (Å²) in [6, 6.07) is 6.68. The molecule has 2 unspecified atom stereocenters. The van der Waals surface area contributed by atoms with Crippen LogP contribution in [0.3, 0.4) is 0 Å². The minimum Gasteiger partial charge on any atom is -0.392 e. The topological polar surface area (TPSA) is 79.2 Å². The van der Waals surface area contributed by atoms with Crippen molar-refractivity contribution in [1.29, 1.82) is 0 Å². The zero-order valence-electron chi connectivity index (χ0n) is 11.2. The largest absolute Gasteiger partial charge is 0.392 e. The molecule has 110 valence electrons. The number of nitrogens with zero attached hydrogens (tertiary/aromatic N) is 2. The van der Waals surface area contributed by atoms with Gasteiger partial charge in [0.05, 0.1) is 22.9 Å². The summed E-state index contributed by atoms with van der Waals surface area (Å²) < 4.78 is 1.66. The fraction of sp³-hybridized carbons (Fsp3) is 0.286. The summed E-state index contributed by atoms with van der Waals surface area (Å²) in [5, 5.41) is 19.8. The fourth-order valence-corrected chi connectivity index (χ4v) is 2.60. The summed E-state index contributed by atoms with van der Waals surface area (Å²) >= 11 is 6.22. The average molecular weight is 307 g/mol. The highest BCUT2D eigenvalue weighted by Gasteiger charge is 2.28. The Morgan fingerprint density at radius 2 is 2.38 bits per heavy atom. The number of hydrogen-bond donors (Lipinski definition) is 3. The first-order valence-corrected chi connectivity index (χ1v) is 7.03. The molecule has 2 heterocycles. The zero-order chi connectivity index (χ0) is 14.8. The number of hydrogen-bond acceptors (Lipinski definition) is 4. The number of benzene rings is 1. The molecule has 0 bridgehead atoms. The van der Waals surface area contributed by atoms with E-state index in [1.54, 1.807) is 35.3 Å². The van der Waals surface area contributed by atoms with E-state index in [1.165, 1.54) is 0 Å². The fourth-order valence-electron chi connectivity index (χ4n) is 2.33. The van der Waals surface area contributed by atoms with E-state index in [2.05, 4.69) is 15.7 Å². The minimum absolute atomic E-state index is 0.172. The number of nitrogens with one attached hydrogen (secondary N) is 2. The normalized spacial score (nSPS) is 21.4. The van der Waals surface area contributed by atoms with Gasteiger partial charge in [-0.15, -0.1) is 0 Å². The van der Waals surface area contributed by atoms with Crippen molar-refractivity contribution in [1.82, 2.24) is 15.1 Å². The van der Waals surface area contributed by atoms with Gasteiger partial charge in [0.15, 0.2) is 0 Å². The Labute approximate surface area is 126 Å². The summed E-state index contributed by atoms with van der Waals surface area (Å²) in [6.45, 7) is 0.442. The molecule has 21 heavy (non-hydrogen) atoms. The molecule has 0 saturated carbocycles. The second kappa shape index (κ2) is 5.85. The van der Waals surface area contributed by atoms with Crippen LogP contribution in [0, 0.1) is 0 Å². The number of aromatic nitrogens is 2. The van der Waals surface area contributed by atoms with Crippen LogP contribution in [0.5, 0.6) is 0 Å². The van der Waals surface area contributed by atoms with Gasteiger partial charge in [-0.25, -0.2) is 4.68 Å². The van der Waals surface area contributed by atoms with E-state index in [0.29, 0.717) is 23.7 Å². The van der Waals surface area contributed by atoms with Gasteiger partial charge >= 0.3 is 0 Å². The maximum absolute atomic E-state index is 12.0. The SMILES string of the molecule is O=C(Nc1ccc(-n2cccn2)c(Cl)c1)C1CC(O)CN1. The molecule has 2 atom stereocenters. The zero-order valence-corrected chi connectivity index (χ0v) is 11.9. The summed E-state index contributed by atoms with van der Waals surface area (Å²) in [4.78, 5) is 12.0. The maximum Gasteiger partial charge on any atom is 0.241 e. The molecular formula is C14H15ClN4O2. The molecule has 2 aromatic rings. The van der Waals surface area contributed by atoms with Gasteiger partial charge in [-0.1, -0.05) is 11.6 Å². The van der Waals surface area contributed by atoms with E-state index in [1.807, 2.05) is 6.07 Å². The standard InChI is InChI=1S/C14H15ClN4O2/c15-11-6-9(2-3-13(11)19-5-1-4-17-19)18-14(21)12-7-10(20)8-16-12/h1-6,10,12,16,20H,7-8H2,(H,18,21). The number of aliphatic hydroxyl groups is 1. The van der Waals surface area contributed by atoms with Gasteiger partial charge in [0.25, 0.3) is 0 Å². The molecule has 1 fully saturated rings. The number of anilines is 1. The molecular weight excluding hydrogens is 292 g/mol. The molecule has 3 N–H and O–H groups in total. The number of carbonyl (C=O) groups excluding carboxylic acids is 1. The van der Waals surface area contributed by atoms with Gasteiger partial charge in [0.1, 0.15) is 0 Å². The smallest absolute Gasteiger partial charge is 0.241 e. The quantitative estimate of drug-likeness (QED) is 0.796. The number of rotatable bonds is 3. The van der Waals surface area contributed by atoms with E-state index >= 15 is 0 Å². The van der Waals surface area contributed by atoms with Crippen molar-refractivity contribution in [3.63, 3.8) is 0 Å². The molecule has 0 spiro atoms. The molecule has 1 aromatic carbocycles. The van der Waals surface area contributed by atoms with E-state index in [4.69, 9.17) is 11.6 Å². The van der Waals surface area contributed by atoms with Crippen LogP contribution < -0.4 is 10.6 Å². The second-order valence-corrected chi connectivity index (χ2v) is 5.36. The minimum atomic E-state index is -0.466. The molecule has 3 rings (SSSR count). The van der Waals surface area contributed by atoms with Crippen molar-refractivity contribution in [2.45, 2.75) is 18.6 Å². The van der Waals surface area contributed by atoms with Crippen molar-refractivity contribution in [2.24, 2.45) is 0 Å². The van der Waals surface area contributed by atoms with Crippen LogP contribution in [0.4, 0.5) is 5.69 Å². The third kappa shape index (κ3) is 3.07. The van der Waals surface area contributed by atoms with Crippen molar-refractivity contribution in [3.05, 3.63) is 41.7 Å². The molecule has 6 nitrogen and oxygen atoms in total. The maximum atomic E-state index is 12.0. The van der Waals surface area contributed by atoms with E-state index < -0.39 is 6.10 Å². The lowest BCUT2D eigenvalue weighted by Gasteiger charge is -2.12. The van der Waals surface area contributed by atoms with Crippen LogP contribution in [-0.2, 0) is 4.79 Å². The van der Waals surface area contributed by atoms with E-state index in [-0.39, 0.29) is 11.9 Å². The number of halogens is 1. The Morgan fingerprint density at radius 3 is 3.00 bits per heavy atom. The van der Waals surface area contributed by atoms with Crippen LogP contribution in [0.15, 0.2) is 36.7 Å². The van der Waals surface area contributed by atoms with Crippen molar-refractivity contribution in [2.75, 3.05) is 11.9 Å². The Kier molecular flexibility index (Phi) is 3.92. The highest BCUT2D eigenvalue weighted by Crippen LogP contribution is 2.24. The van der Waals surface area contributed by atoms with Crippen molar-refractivity contribution < 1.29 is 9.90 Å². The molecule has 0 radical (unpaired) electrons. The van der Waals surface area contributed by atoms with Crippen LogP contribution in [0.25, 0.3) is 5.69 Å². The van der Waals surface area contributed by atoms with Gasteiger partial charge in [-0.2, -0.15) is 5.10 Å². The van der Waals surface area contributed by atoms with Gasteiger partial charge in [0, 0.05) is 24.6 Å². The number of amides is 1. The van der Waals surface area contributed by atoms with Gasteiger partial charge in [0.2, 0.25) is 5.91 Å². The molecule has 1 amide bonds. The van der Waals surface area contributed by atoms with Crippen molar-refractivity contribution >= 4 is 23.2 Å². The third-order valence-electron chi connectivity index (χ3n) is 3.39. The monoisotopic (exact) mass is 306 g/mol. The first kappa shape index (κ1) is 14.1. The lowest BCUT2D eigenvalue weighted by Crippen LogP contribution is -2.35. The summed E-state index contributed by atoms with van der Waals surface area (Å²) in [5.41, 5.74) is 1.36. The third-order valence-corrected chi connectivity index (χ3v) is 3.69. The highest BCUT2D eigenvalue weighted by molar-refractivity contribution is 6.32. The Balaban J connectivity index is 1.72. The van der Waals surface area contributed by atoms with Crippen LogP contribution in [0.2, 0.25) is 5.02 Å². The molecule has 7 heteroatoms. The predicted octanol–water partition coefficient (Wildman–Crippen LogP) is 1.19. The molecule has 1 aliphatic heterocycles. The van der Waals surface area contributed by atoms with Crippen LogP contribution >= 0.6 is 11.6 Å². The lowest BCUT2D eigenvalue weighted by atomic mass is 10.2. The number of carbonyl (C=O) groups is 1. The van der Waals surface area contributed by atoms with Crippen LogP contribution in [-0.4, -0.2) is 39.5 Å². The second-order valence-electron chi connectivity index (χ2n) is 4.96. The Morgan fingerprint density at radius 1 is 1.52 bits per heavy atom. The van der Waals surface area contributed by atoms with Crippen LogP contribution in [0.1, 0.15) is 6.42 Å². The average Bonchev–Trinajstić information content (AvgIpc) is 3.10. The predicted molar refractivity (Wildman–Crippen MR) is 79.6 cm³/mol. The first-order valence-electron chi connectivity index (χ1n) is 6.65. The lowest BCUT2D eigenvalue weighted by molar-refractivity contribution is -0.117. The van der Waals surface area contributed by atoms with E-state index in [9.17, 15) is 9.90 Å². The number of aliphatic hydroxyl groups excluding tert-OH is 1. The molecule has 1 aromatic heterocycles.